The molecule has 0 aliphatic heterocycles. The van der Waals surface area contributed by atoms with Crippen LogP contribution in [0.25, 0.3) is 0 Å². The third kappa shape index (κ3) is 1.48. The number of carboxylic acid groups (broad SMARTS) is 1. The first-order chi connectivity index (χ1) is 6.73. The molecule has 2 rings (SSSR count). The molecule has 6 nitrogen and oxygen atoms in total. The Morgan fingerprint density at radius 1 is 1.71 bits per heavy atom. The molecule has 0 amide bonds. The first-order valence-electron chi connectivity index (χ1n) is 4.47. The molecule has 0 spiro atoms. The van der Waals surface area contributed by atoms with Crippen LogP contribution in [0, 0.1) is 0 Å². The quantitative estimate of drug-likeness (QED) is 0.715. The molecule has 1 aromatic heterocycles. The van der Waals surface area contributed by atoms with Crippen molar-refractivity contribution in [2.24, 2.45) is 0 Å². The highest BCUT2D eigenvalue weighted by Crippen LogP contribution is 2.32. The van der Waals surface area contributed by atoms with E-state index in [9.17, 15) is 4.79 Å². The SMILES string of the molecule is O=C(O)C1(NCc2ncno2)CCC1. The highest BCUT2D eigenvalue weighted by atomic mass is 16.5. The fourth-order valence-electron chi connectivity index (χ4n) is 1.52. The Bertz CT molecular complexity index is 319. The second kappa shape index (κ2) is 3.38. The predicted octanol–water partition coefficient (Wildman–Crippen LogP) is 0.166. The summed E-state index contributed by atoms with van der Waals surface area (Å²) in [6, 6.07) is 0. The maximum atomic E-state index is 10.9. The molecule has 0 atom stereocenters. The van der Waals surface area contributed by atoms with Gasteiger partial charge in [0.25, 0.3) is 0 Å². The number of nitrogens with one attached hydrogen (secondary N) is 1. The summed E-state index contributed by atoms with van der Waals surface area (Å²) in [5.41, 5.74) is -0.769. The van der Waals surface area contributed by atoms with E-state index in [4.69, 9.17) is 9.63 Å². The molecule has 76 valence electrons. The Labute approximate surface area is 80.3 Å². The van der Waals surface area contributed by atoms with E-state index in [0.717, 1.165) is 6.42 Å². The molecule has 1 heterocycles. The van der Waals surface area contributed by atoms with Gasteiger partial charge in [0.2, 0.25) is 5.89 Å². The summed E-state index contributed by atoms with van der Waals surface area (Å²) in [5, 5.41) is 15.4. The van der Waals surface area contributed by atoms with E-state index in [1.807, 2.05) is 0 Å². The molecule has 0 aromatic carbocycles. The zero-order valence-corrected chi connectivity index (χ0v) is 7.56. The van der Waals surface area contributed by atoms with Crippen molar-refractivity contribution in [3.8, 4) is 0 Å². The Hall–Kier alpha value is -1.43. The molecular formula is C8H11N3O3. The highest BCUT2D eigenvalue weighted by Gasteiger charge is 2.44. The largest absolute Gasteiger partial charge is 0.480 e. The van der Waals surface area contributed by atoms with E-state index in [0.29, 0.717) is 25.3 Å². The van der Waals surface area contributed by atoms with Crippen molar-refractivity contribution in [2.75, 3.05) is 0 Å². The molecule has 0 radical (unpaired) electrons. The van der Waals surface area contributed by atoms with E-state index in [-0.39, 0.29) is 0 Å². The molecule has 6 heteroatoms. The van der Waals surface area contributed by atoms with Gasteiger partial charge in [0.15, 0.2) is 6.33 Å². The van der Waals surface area contributed by atoms with E-state index in [2.05, 4.69) is 15.5 Å². The summed E-state index contributed by atoms with van der Waals surface area (Å²) < 4.78 is 4.76. The van der Waals surface area contributed by atoms with Crippen LogP contribution in [0.2, 0.25) is 0 Å². The molecular weight excluding hydrogens is 186 g/mol. The molecule has 1 aliphatic rings. The van der Waals surface area contributed by atoms with Gasteiger partial charge in [0.1, 0.15) is 5.54 Å². The first-order valence-corrected chi connectivity index (χ1v) is 4.47. The summed E-state index contributed by atoms with van der Waals surface area (Å²) in [6.45, 7) is 0.312. The number of aliphatic carboxylic acids is 1. The van der Waals surface area contributed by atoms with Crippen molar-refractivity contribution in [1.82, 2.24) is 15.5 Å². The maximum Gasteiger partial charge on any atom is 0.323 e. The number of aromatic nitrogens is 2. The third-order valence-electron chi connectivity index (χ3n) is 2.60. The molecule has 1 fully saturated rings. The Morgan fingerprint density at radius 2 is 2.50 bits per heavy atom. The Balaban J connectivity index is 1.93. The molecule has 14 heavy (non-hydrogen) atoms. The second-order valence-electron chi connectivity index (χ2n) is 3.43. The predicted molar refractivity (Wildman–Crippen MR) is 45.4 cm³/mol. The van der Waals surface area contributed by atoms with E-state index in [1.54, 1.807) is 0 Å². The van der Waals surface area contributed by atoms with Gasteiger partial charge >= 0.3 is 5.97 Å². The van der Waals surface area contributed by atoms with Gasteiger partial charge in [-0.3, -0.25) is 10.1 Å². The minimum Gasteiger partial charge on any atom is -0.480 e. The minimum atomic E-state index is -0.803. The average Bonchev–Trinajstić information content (AvgIpc) is 2.53. The molecule has 0 unspecified atom stereocenters. The average molecular weight is 197 g/mol. The van der Waals surface area contributed by atoms with Gasteiger partial charge in [0.05, 0.1) is 6.54 Å². The summed E-state index contributed by atoms with van der Waals surface area (Å²) in [7, 11) is 0. The van der Waals surface area contributed by atoms with Crippen LogP contribution >= 0.6 is 0 Å². The molecule has 1 aromatic rings. The fraction of sp³-hybridized carbons (Fsp3) is 0.625. The van der Waals surface area contributed by atoms with Crippen molar-refractivity contribution in [3.05, 3.63) is 12.2 Å². The number of hydrogen-bond donors (Lipinski definition) is 2. The lowest BCUT2D eigenvalue weighted by Crippen LogP contribution is -2.56. The van der Waals surface area contributed by atoms with Gasteiger partial charge in [-0.25, -0.2) is 0 Å². The van der Waals surface area contributed by atoms with Crippen LogP contribution in [-0.2, 0) is 11.3 Å². The Kier molecular flexibility index (Phi) is 2.20. The lowest BCUT2D eigenvalue weighted by atomic mass is 9.77. The van der Waals surface area contributed by atoms with Crippen LogP contribution in [0.5, 0.6) is 0 Å². The smallest absolute Gasteiger partial charge is 0.323 e. The van der Waals surface area contributed by atoms with Crippen LogP contribution in [-0.4, -0.2) is 26.8 Å². The topological polar surface area (TPSA) is 88.2 Å². The van der Waals surface area contributed by atoms with Gasteiger partial charge in [-0.15, -0.1) is 0 Å². The second-order valence-corrected chi connectivity index (χ2v) is 3.43. The van der Waals surface area contributed by atoms with E-state index >= 15 is 0 Å². The minimum absolute atomic E-state index is 0.312. The van der Waals surface area contributed by atoms with Crippen molar-refractivity contribution >= 4 is 5.97 Å². The van der Waals surface area contributed by atoms with Crippen LogP contribution in [0.15, 0.2) is 10.9 Å². The van der Waals surface area contributed by atoms with Crippen LogP contribution in [0.3, 0.4) is 0 Å². The summed E-state index contributed by atoms with van der Waals surface area (Å²) in [6.07, 6.45) is 3.57. The zero-order valence-electron chi connectivity index (χ0n) is 7.56. The monoisotopic (exact) mass is 197 g/mol. The molecule has 1 saturated carbocycles. The normalized spacial score (nSPS) is 18.9. The number of nitrogens with zero attached hydrogens (tertiary/aromatic N) is 2. The van der Waals surface area contributed by atoms with Crippen LogP contribution in [0.4, 0.5) is 0 Å². The van der Waals surface area contributed by atoms with Crippen molar-refractivity contribution in [1.29, 1.82) is 0 Å². The molecule has 2 N–H and O–H groups in total. The van der Waals surface area contributed by atoms with Crippen molar-refractivity contribution in [3.63, 3.8) is 0 Å². The zero-order chi connectivity index (χ0) is 10.0. The maximum absolute atomic E-state index is 10.9. The van der Waals surface area contributed by atoms with Gasteiger partial charge in [-0.1, -0.05) is 5.16 Å². The number of hydrogen-bond acceptors (Lipinski definition) is 5. The molecule has 0 saturated heterocycles. The first kappa shape index (κ1) is 9.14. The van der Waals surface area contributed by atoms with Gasteiger partial charge in [-0.2, -0.15) is 4.98 Å². The molecule has 1 aliphatic carbocycles. The van der Waals surface area contributed by atoms with Crippen molar-refractivity contribution < 1.29 is 14.4 Å². The summed E-state index contributed by atoms with van der Waals surface area (Å²) >= 11 is 0. The number of carbonyl (C=O) groups is 1. The van der Waals surface area contributed by atoms with Crippen LogP contribution < -0.4 is 5.32 Å². The Morgan fingerprint density at radius 3 is 2.93 bits per heavy atom. The van der Waals surface area contributed by atoms with E-state index in [1.165, 1.54) is 6.33 Å². The van der Waals surface area contributed by atoms with Crippen molar-refractivity contribution in [2.45, 2.75) is 31.3 Å². The van der Waals surface area contributed by atoms with E-state index < -0.39 is 11.5 Å². The van der Waals surface area contributed by atoms with Crippen LogP contribution in [0.1, 0.15) is 25.2 Å². The van der Waals surface area contributed by atoms with Gasteiger partial charge in [-0.05, 0) is 19.3 Å². The number of carboxylic acids is 1. The standard InChI is InChI=1S/C8H11N3O3/c12-7(13)8(2-1-3-8)10-4-6-9-5-11-14-6/h5,10H,1-4H2,(H,12,13). The molecule has 0 bridgehead atoms. The third-order valence-corrected chi connectivity index (χ3v) is 2.60. The highest BCUT2D eigenvalue weighted by molar-refractivity contribution is 5.79. The summed E-state index contributed by atoms with van der Waals surface area (Å²) in [5.74, 6) is -0.388. The van der Waals surface area contributed by atoms with Gasteiger partial charge < -0.3 is 9.63 Å². The lowest BCUT2D eigenvalue weighted by Gasteiger charge is -2.38. The lowest BCUT2D eigenvalue weighted by molar-refractivity contribution is -0.149. The van der Waals surface area contributed by atoms with Gasteiger partial charge in [0, 0.05) is 0 Å². The fourth-order valence-corrected chi connectivity index (χ4v) is 1.52. The number of rotatable bonds is 4. The summed E-state index contributed by atoms with van der Waals surface area (Å²) in [4.78, 5) is 14.7.